The van der Waals surface area contributed by atoms with Gasteiger partial charge in [0.15, 0.2) is 0 Å². The number of hydrogen-bond donors (Lipinski definition) is 6. The quantitative estimate of drug-likeness (QED) is 0.0412. The van der Waals surface area contributed by atoms with Gasteiger partial charge in [-0.1, -0.05) is 140 Å². The Morgan fingerprint density at radius 1 is 0.552 bits per heavy atom. The topological polar surface area (TPSA) is 255 Å². The van der Waals surface area contributed by atoms with E-state index in [1.54, 1.807) is 39.0 Å². The molecule has 3 amide bonds. The molecule has 10 rings (SSSR count). The molecule has 4 aliphatic rings. The Morgan fingerprint density at radius 2 is 0.977 bits per heavy atom. The molecule has 6 aromatic rings. The summed E-state index contributed by atoms with van der Waals surface area (Å²) in [6.07, 6.45) is 5.14. The number of rotatable bonds is 19. The molecule has 0 aliphatic carbocycles. The first-order valence-corrected chi connectivity index (χ1v) is 29.5. The van der Waals surface area contributed by atoms with E-state index in [0.29, 0.717) is 58.2 Å². The minimum atomic E-state index is -1.13. The second kappa shape index (κ2) is 29.8. The first kappa shape index (κ1) is 64.6. The molecule has 0 aromatic heterocycles. The molecule has 6 N–H and O–H groups in total. The Morgan fingerprint density at radius 3 is 1.43 bits per heavy atom. The molecule has 4 heterocycles. The largest absolute Gasteiger partial charge is 0.480 e. The van der Waals surface area contributed by atoms with Crippen molar-refractivity contribution in [1.29, 1.82) is 0 Å². The van der Waals surface area contributed by atoms with Gasteiger partial charge < -0.3 is 59.7 Å². The number of carboxylic acids is 3. The highest BCUT2D eigenvalue weighted by Crippen LogP contribution is 2.45. The highest BCUT2D eigenvalue weighted by atomic mass is 16.6. The van der Waals surface area contributed by atoms with Crippen LogP contribution in [-0.2, 0) is 47.6 Å². The molecule has 13 atom stereocenters. The third kappa shape index (κ3) is 16.8. The fourth-order valence-electron chi connectivity index (χ4n) is 12.2. The standard InChI is InChI=1S/C24H27NO6.C24H29NO5.C21H23NO4/c1-2-6-20-19(22(23(26)27)25-24(28)30-16-11-12-29-14-16)13-21(31-20)18-10-5-8-15-7-3-4-9-17(15)18;1-5-9-19-18(21(22(26)27)25-23(28)30-24(2,3)4)14-20(29-19)17-13-8-11-15-10-6-7-12-16(15)17;1-3-6-18-17(20(21(24)25)22-13(2)23)12-19(26-18)16-10-9-14-7-4-5-8-15(14)11-16/h2-5,7-10,16,19-22H,1,6,11-14H2,(H,25,28)(H,26,27);5-8,10-13,18-21H,1,9,14H2,2-4H3,(H,25,28)(H,26,27);3-5,7-11,17-20H,1,6,12H2,2H3,(H,22,23)(H,24,25)/t16?,19-,20-,21+,22?;18-,19-,20+,21?;17?,18-,19+,20-/m000/s1. The number of ether oxygens (including phenoxy) is 6. The summed E-state index contributed by atoms with van der Waals surface area (Å²) >= 11 is 0. The number of nitrogens with one attached hydrogen (secondary N) is 3. The molecular formula is C69H79N3O15. The smallest absolute Gasteiger partial charge is 0.408 e. The lowest BCUT2D eigenvalue weighted by Gasteiger charge is -2.26. The first-order chi connectivity index (χ1) is 41.7. The third-order valence-corrected chi connectivity index (χ3v) is 16.1. The van der Waals surface area contributed by atoms with Crippen LogP contribution in [0.1, 0.15) is 108 Å². The van der Waals surface area contributed by atoms with Crippen molar-refractivity contribution < 1.29 is 72.5 Å². The molecule has 18 heteroatoms. The SMILES string of the molecule is C=CC[C@@H]1O[C@@H](c2ccc3ccccc3c2)CC1[C@H](NC(C)=O)C(=O)O.C=CC[C@@H]1O[C@@H](c2cccc3ccccc23)C[C@@H]1C(NC(=O)OC(C)(C)C)C(=O)O.C=CC[C@@H]1O[C@@H](c2cccc3ccccc23)C[C@@H]1C(NC(=O)OC1CCOC1)C(=O)O. The number of hydrogen-bond acceptors (Lipinski definition) is 12. The molecule has 4 fully saturated rings. The fraction of sp³-hybridized carbons (Fsp3) is 0.391. The zero-order chi connectivity index (χ0) is 62.4. The maximum Gasteiger partial charge on any atom is 0.408 e. The molecule has 18 nitrogen and oxygen atoms in total. The van der Waals surface area contributed by atoms with Gasteiger partial charge in [0.2, 0.25) is 5.91 Å². The second-order valence-electron chi connectivity index (χ2n) is 23.3. The first-order valence-electron chi connectivity index (χ1n) is 29.5. The van der Waals surface area contributed by atoms with Crippen molar-refractivity contribution in [2.45, 2.75) is 139 Å². The van der Waals surface area contributed by atoms with Gasteiger partial charge in [-0.05, 0) is 114 Å². The van der Waals surface area contributed by atoms with Crippen molar-refractivity contribution in [3.8, 4) is 0 Å². The third-order valence-electron chi connectivity index (χ3n) is 16.1. The van der Waals surface area contributed by atoms with Crippen molar-refractivity contribution in [2.75, 3.05) is 13.2 Å². The lowest BCUT2D eigenvalue weighted by molar-refractivity contribution is -0.144. The number of fused-ring (bicyclic) bond motifs is 3. The van der Waals surface area contributed by atoms with Gasteiger partial charge in [0, 0.05) is 31.1 Å². The summed E-state index contributed by atoms with van der Waals surface area (Å²) in [6, 6.07) is 39.1. The van der Waals surface area contributed by atoms with E-state index in [2.05, 4.69) is 47.8 Å². The average molecular weight is 1190 g/mol. The van der Waals surface area contributed by atoms with Gasteiger partial charge >= 0.3 is 30.1 Å². The van der Waals surface area contributed by atoms with E-state index >= 15 is 0 Å². The number of alkyl carbamates (subject to hydrolysis) is 2. The molecular weight excluding hydrogens is 1110 g/mol. The summed E-state index contributed by atoms with van der Waals surface area (Å²) in [7, 11) is 0. The average Bonchev–Trinajstić information content (AvgIpc) is 1.93. The van der Waals surface area contributed by atoms with E-state index in [-0.39, 0.29) is 54.6 Å². The molecule has 6 aromatic carbocycles. The Hall–Kier alpha value is -8.42. The lowest BCUT2D eigenvalue weighted by Crippen LogP contribution is -2.49. The molecule has 460 valence electrons. The molecule has 0 saturated carbocycles. The number of aliphatic carboxylic acids is 3. The Kier molecular flexibility index (Phi) is 22.1. The number of amides is 3. The summed E-state index contributed by atoms with van der Waals surface area (Å²) in [6.45, 7) is 18.7. The van der Waals surface area contributed by atoms with Crippen LogP contribution in [0.3, 0.4) is 0 Å². The zero-order valence-electron chi connectivity index (χ0n) is 49.6. The van der Waals surface area contributed by atoms with Gasteiger partial charge in [0.1, 0.15) is 29.8 Å². The number of carbonyl (C=O) groups excluding carboxylic acids is 3. The Bertz CT molecular complexity index is 3420. The van der Waals surface area contributed by atoms with Crippen LogP contribution in [0.5, 0.6) is 0 Å². The van der Waals surface area contributed by atoms with Crippen LogP contribution >= 0.6 is 0 Å². The molecule has 0 bridgehead atoms. The summed E-state index contributed by atoms with van der Waals surface area (Å²) in [5.74, 6) is -4.77. The maximum absolute atomic E-state index is 12.3. The summed E-state index contributed by atoms with van der Waals surface area (Å²) in [5.41, 5.74) is 2.34. The molecule has 87 heavy (non-hydrogen) atoms. The minimum absolute atomic E-state index is 0.204. The van der Waals surface area contributed by atoms with Crippen LogP contribution in [0.4, 0.5) is 9.59 Å². The maximum atomic E-state index is 12.3. The lowest BCUT2D eigenvalue weighted by atomic mass is 9.87. The van der Waals surface area contributed by atoms with Gasteiger partial charge in [-0.3, -0.25) is 4.79 Å². The summed E-state index contributed by atoms with van der Waals surface area (Å²) in [5, 5.41) is 43.6. The number of carbonyl (C=O) groups is 6. The van der Waals surface area contributed by atoms with Gasteiger partial charge in [0.25, 0.3) is 0 Å². The summed E-state index contributed by atoms with van der Waals surface area (Å²) in [4.78, 5) is 71.9. The molecule has 0 spiro atoms. The predicted octanol–water partition coefficient (Wildman–Crippen LogP) is 12.1. The number of carboxylic acid groups (broad SMARTS) is 3. The highest BCUT2D eigenvalue weighted by molar-refractivity contribution is 5.88. The second-order valence-corrected chi connectivity index (χ2v) is 23.3. The zero-order valence-corrected chi connectivity index (χ0v) is 49.6. The van der Waals surface area contributed by atoms with Crippen LogP contribution in [0, 0.1) is 17.8 Å². The highest BCUT2D eigenvalue weighted by Gasteiger charge is 2.47. The summed E-state index contributed by atoms with van der Waals surface area (Å²) < 4.78 is 34.6. The van der Waals surface area contributed by atoms with Crippen molar-refractivity contribution >= 4 is 68.3 Å². The van der Waals surface area contributed by atoms with E-state index in [4.69, 9.17) is 28.4 Å². The van der Waals surface area contributed by atoms with Crippen LogP contribution in [0.25, 0.3) is 32.3 Å². The van der Waals surface area contributed by atoms with E-state index in [1.807, 2.05) is 115 Å². The molecule has 0 radical (unpaired) electrons. The van der Waals surface area contributed by atoms with Crippen molar-refractivity contribution in [3.63, 3.8) is 0 Å². The number of benzene rings is 6. The molecule has 4 unspecified atom stereocenters. The van der Waals surface area contributed by atoms with Crippen LogP contribution in [0.15, 0.2) is 165 Å². The van der Waals surface area contributed by atoms with Gasteiger partial charge in [-0.15, -0.1) is 19.7 Å². The monoisotopic (exact) mass is 1190 g/mol. The van der Waals surface area contributed by atoms with Gasteiger partial charge in [-0.25, -0.2) is 24.0 Å². The van der Waals surface area contributed by atoms with E-state index in [0.717, 1.165) is 49.0 Å². The minimum Gasteiger partial charge on any atom is -0.480 e. The van der Waals surface area contributed by atoms with Gasteiger partial charge in [-0.2, -0.15) is 0 Å². The van der Waals surface area contributed by atoms with E-state index < -0.39 is 65.7 Å². The van der Waals surface area contributed by atoms with Crippen molar-refractivity contribution in [3.05, 3.63) is 182 Å². The van der Waals surface area contributed by atoms with Crippen LogP contribution in [0.2, 0.25) is 0 Å². The molecule has 4 saturated heterocycles. The van der Waals surface area contributed by atoms with E-state index in [9.17, 15) is 44.1 Å². The van der Waals surface area contributed by atoms with Crippen molar-refractivity contribution in [2.24, 2.45) is 17.8 Å². The Balaban J connectivity index is 0.000000170. The molecule has 4 aliphatic heterocycles. The predicted molar refractivity (Wildman–Crippen MR) is 330 cm³/mol. The van der Waals surface area contributed by atoms with E-state index in [1.165, 1.54) is 6.92 Å². The van der Waals surface area contributed by atoms with Crippen molar-refractivity contribution in [1.82, 2.24) is 16.0 Å². The van der Waals surface area contributed by atoms with Gasteiger partial charge in [0.05, 0.1) is 49.8 Å². The normalized spacial score (nSPS) is 24.2. The fourth-order valence-corrected chi connectivity index (χ4v) is 12.2. The Labute approximate surface area is 506 Å². The van der Waals surface area contributed by atoms with Crippen LogP contribution < -0.4 is 16.0 Å². The van der Waals surface area contributed by atoms with Crippen LogP contribution in [-0.4, -0.2) is 113 Å².